The monoisotopic (exact) mass is 414 g/mol. The Morgan fingerprint density at radius 2 is 1.86 bits per heavy atom. The first-order valence-electron chi connectivity index (χ1n) is 9.32. The van der Waals surface area contributed by atoms with Crippen molar-refractivity contribution in [2.45, 2.75) is 19.8 Å². The van der Waals surface area contributed by atoms with Gasteiger partial charge in [0.25, 0.3) is 0 Å². The van der Waals surface area contributed by atoms with Crippen molar-refractivity contribution < 1.29 is 19.1 Å². The number of aromatic nitrogens is 1. The Bertz CT molecular complexity index is 1010. The van der Waals surface area contributed by atoms with Crippen LogP contribution in [0.3, 0.4) is 0 Å². The topological polar surface area (TPSA) is 80.4 Å². The second-order valence-corrected chi connectivity index (χ2v) is 7.06. The van der Waals surface area contributed by atoms with Crippen molar-refractivity contribution in [3.05, 3.63) is 64.3 Å². The zero-order valence-corrected chi connectivity index (χ0v) is 17.1. The predicted octanol–water partition coefficient (Wildman–Crippen LogP) is 3.91. The normalized spacial score (nSPS) is 10.7. The van der Waals surface area contributed by atoms with Crippen LogP contribution < -0.4 is 10.1 Å². The fourth-order valence-corrected chi connectivity index (χ4v) is 3.39. The maximum absolute atomic E-state index is 11.5. The molecule has 0 saturated heterocycles. The van der Waals surface area contributed by atoms with Gasteiger partial charge in [-0.15, -0.1) is 0 Å². The molecule has 1 amide bonds. The molecule has 6 nitrogen and oxygen atoms in total. The molecule has 3 aromatic rings. The minimum absolute atomic E-state index is 0.0514. The highest BCUT2D eigenvalue weighted by Gasteiger charge is 2.13. The molecule has 2 aromatic carbocycles. The van der Waals surface area contributed by atoms with Crippen molar-refractivity contribution in [1.29, 1.82) is 0 Å². The Hall–Kier alpha value is -2.99. The van der Waals surface area contributed by atoms with E-state index >= 15 is 0 Å². The molecule has 0 fully saturated rings. The van der Waals surface area contributed by atoms with Crippen LogP contribution in [-0.4, -0.2) is 37.1 Å². The lowest BCUT2D eigenvalue weighted by Gasteiger charge is -2.09. The van der Waals surface area contributed by atoms with Gasteiger partial charge in [-0.25, -0.2) is 4.79 Å². The summed E-state index contributed by atoms with van der Waals surface area (Å²) < 4.78 is 10.6. The Morgan fingerprint density at radius 3 is 2.55 bits per heavy atom. The van der Waals surface area contributed by atoms with Crippen molar-refractivity contribution in [2.24, 2.45) is 0 Å². The summed E-state index contributed by atoms with van der Waals surface area (Å²) in [5.41, 5.74) is 3.66. The first-order chi connectivity index (χ1) is 14.0. The maximum Gasteiger partial charge on any atom is 0.337 e. The highest BCUT2D eigenvalue weighted by Crippen LogP contribution is 2.27. The van der Waals surface area contributed by atoms with Gasteiger partial charge in [0.1, 0.15) is 5.75 Å². The van der Waals surface area contributed by atoms with Gasteiger partial charge in [-0.2, -0.15) is 0 Å². The van der Waals surface area contributed by atoms with Crippen LogP contribution in [0.1, 0.15) is 28.5 Å². The Labute approximate surface area is 174 Å². The van der Waals surface area contributed by atoms with Crippen molar-refractivity contribution >= 4 is 34.4 Å². The van der Waals surface area contributed by atoms with Crippen molar-refractivity contribution in [3.8, 4) is 5.75 Å². The number of carbonyl (C=O) groups excluding carboxylic acids is 2. The van der Waals surface area contributed by atoms with Crippen molar-refractivity contribution in [2.75, 3.05) is 20.3 Å². The van der Waals surface area contributed by atoms with Crippen LogP contribution in [0, 0.1) is 0 Å². The van der Waals surface area contributed by atoms with Crippen LogP contribution in [0.4, 0.5) is 0 Å². The summed E-state index contributed by atoms with van der Waals surface area (Å²) in [5.74, 6) is 0.246. The minimum atomic E-state index is -0.379. The summed E-state index contributed by atoms with van der Waals surface area (Å²) >= 11 is 6.19. The predicted molar refractivity (Wildman–Crippen MR) is 113 cm³/mol. The second kappa shape index (κ2) is 9.47. The second-order valence-electron chi connectivity index (χ2n) is 6.62. The molecule has 0 aliphatic rings. The number of benzene rings is 2. The highest BCUT2D eigenvalue weighted by molar-refractivity contribution is 6.31. The number of hydrogen-bond donors (Lipinski definition) is 2. The van der Waals surface area contributed by atoms with Gasteiger partial charge in [0, 0.05) is 47.9 Å². The average molecular weight is 415 g/mol. The van der Waals surface area contributed by atoms with E-state index in [0.29, 0.717) is 42.3 Å². The molecule has 0 aliphatic heterocycles. The standard InChI is InChI=1S/C22H23ClN2O4/c1-14(26)24-11-9-21-18(19-13-16(23)5-8-20(19)25-21)10-12-29-17-6-3-15(4-7-17)22(27)28-2/h3-8,13,25H,9-12H2,1-2H3,(H,24,26). The van der Waals surface area contributed by atoms with E-state index in [0.717, 1.165) is 22.2 Å². The summed E-state index contributed by atoms with van der Waals surface area (Å²) in [6, 6.07) is 12.6. The van der Waals surface area contributed by atoms with E-state index in [4.69, 9.17) is 21.1 Å². The van der Waals surface area contributed by atoms with Crippen molar-refractivity contribution in [1.82, 2.24) is 10.3 Å². The molecule has 0 radical (unpaired) electrons. The number of rotatable bonds is 8. The molecule has 0 spiro atoms. The fourth-order valence-electron chi connectivity index (χ4n) is 3.21. The molecule has 0 atom stereocenters. The van der Waals surface area contributed by atoms with E-state index in [1.54, 1.807) is 24.3 Å². The molecular formula is C22H23ClN2O4. The van der Waals surface area contributed by atoms with E-state index in [-0.39, 0.29) is 11.9 Å². The molecule has 0 bridgehead atoms. The van der Waals surface area contributed by atoms with E-state index in [2.05, 4.69) is 10.3 Å². The number of amides is 1. The van der Waals surface area contributed by atoms with Gasteiger partial charge in [-0.3, -0.25) is 4.79 Å². The number of esters is 1. The third-order valence-corrected chi connectivity index (χ3v) is 4.84. The SMILES string of the molecule is COC(=O)c1ccc(OCCc2c(CCNC(C)=O)[nH]c3ccc(Cl)cc23)cc1. The minimum Gasteiger partial charge on any atom is -0.493 e. The first kappa shape index (κ1) is 20.7. The van der Waals surface area contributed by atoms with Gasteiger partial charge in [-0.1, -0.05) is 11.6 Å². The summed E-state index contributed by atoms with van der Waals surface area (Å²) in [5, 5.41) is 4.55. The number of H-pyrrole nitrogens is 1. The molecule has 3 rings (SSSR count). The van der Waals surface area contributed by atoms with Crippen LogP contribution in [0.5, 0.6) is 5.75 Å². The van der Waals surface area contributed by atoms with Crippen LogP contribution in [0.25, 0.3) is 10.9 Å². The summed E-state index contributed by atoms with van der Waals surface area (Å²) in [4.78, 5) is 26.1. The largest absolute Gasteiger partial charge is 0.493 e. The summed E-state index contributed by atoms with van der Waals surface area (Å²) in [6.45, 7) is 2.52. The number of aromatic amines is 1. The van der Waals surface area contributed by atoms with E-state index in [9.17, 15) is 9.59 Å². The number of methoxy groups -OCH3 is 1. The Balaban J connectivity index is 1.71. The van der Waals surface area contributed by atoms with E-state index < -0.39 is 0 Å². The van der Waals surface area contributed by atoms with E-state index in [1.807, 2.05) is 18.2 Å². The number of fused-ring (bicyclic) bond motifs is 1. The van der Waals surface area contributed by atoms with Crippen LogP contribution in [0.15, 0.2) is 42.5 Å². The van der Waals surface area contributed by atoms with Crippen LogP contribution >= 0.6 is 11.6 Å². The van der Waals surface area contributed by atoms with E-state index in [1.165, 1.54) is 14.0 Å². The number of carbonyl (C=O) groups is 2. The lowest BCUT2D eigenvalue weighted by atomic mass is 10.1. The lowest BCUT2D eigenvalue weighted by molar-refractivity contribution is -0.118. The maximum atomic E-state index is 11.5. The van der Waals surface area contributed by atoms with Gasteiger partial charge in [0.2, 0.25) is 5.91 Å². The molecule has 0 unspecified atom stereocenters. The van der Waals surface area contributed by atoms with Gasteiger partial charge in [0.05, 0.1) is 19.3 Å². The van der Waals surface area contributed by atoms with Gasteiger partial charge in [0.15, 0.2) is 0 Å². The van der Waals surface area contributed by atoms with Crippen LogP contribution in [-0.2, 0) is 22.4 Å². The Morgan fingerprint density at radius 1 is 1.10 bits per heavy atom. The van der Waals surface area contributed by atoms with Gasteiger partial charge < -0.3 is 19.8 Å². The number of ether oxygens (including phenoxy) is 2. The van der Waals surface area contributed by atoms with Crippen LogP contribution in [0.2, 0.25) is 5.02 Å². The molecule has 1 heterocycles. The van der Waals surface area contributed by atoms with Gasteiger partial charge in [-0.05, 0) is 48.0 Å². The number of halogens is 1. The number of nitrogens with one attached hydrogen (secondary N) is 2. The molecule has 2 N–H and O–H groups in total. The Kier molecular flexibility index (Phi) is 6.77. The van der Waals surface area contributed by atoms with Gasteiger partial charge >= 0.3 is 5.97 Å². The first-order valence-corrected chi connectivity index (χ1v) is 9.70. The van der Waals surface area contributed by atoms with Crippen molar-refractivity contribution in [3.63, 3.8) is 0 Å². The third kappa shape index (κ3) is 5.29. The molecule has 0 saturated carbocycles. The molecule has 7 heteroatoms. The molecule has 0 aliphatic carbocycles. The molecule has 29 heavy (non-hydrogen) atoms. The fraction of sp³-hybridized carbons (Fsp3) is 0.273. The summed E-state index contributed by atoms with van der Waals surface area (Å²) in [6.07, 6.45) is 1.36. The zero-order valence-electron chi connectivity index (χ0n) is 16.4. The third-order valence-electron chi connectivity index (χ3n) is 4.60. The summed E-state index contributed by atoms with van der Waals surface area (Å²) in [7, 11) is 1.35. The molecule has 152 valence electrons. The lowest BCUT2D eigenvalue weighted by Crippen LogP contribution is -2.22. The molecule has 1 aromatic heterocycles. The quantitative estimate of drug-likeness (QED) is 0.548. The highest BCUT2D eigenvalue weighted by atomic mass is 35.5. The average Bonchev–Trinajstić information content (AvgIpc) is 3.04. The zero-order chi connectivity index (χ0) is 20.8. The molecular weight excluding hydrogens is 392 g/mol. The smallest absolute Gasteiger partial charge is 0.337 e. The number of hydrogen-bond acceptors (Lipinski definition) is 4.